The summed E-state index contributed by atoms with van der Waals surface area (Å²) in [5.41, 5.74) is -0.330. The maximum atomic E-state index is 13.7. The molecule has 0 aliphatic rings. The van der Waals surface area contributed by atoms with Crippen LogP contribution < -0.4 is 4.74 Å². The fraction of sp³-hybridized carbons (Fsp3) is 0.364. The highest BCUT2D eigenvalue weighted by atomic mass is 19.1. The zero-order valence-corrected chi connectivity index (χ0v) is 8.96. The number of halogens is 2. The Hall–Kier alpha value is -1.65. The summed E-state index contributed by atoms with van der Waals surface area (Å²) >= 11 is 0. The molecular formula is C11H12F2O3. The number of ether oxygens (including phenoxy) is 1. The molecule has 0 radical (unpaired) electrons. The minimum atomic E-state index is -1.05. The summed E-state index contributed by atoms with van der Waals surface area (Å²) < 4.78 is 31.8. The molecule has 1 aromatic rings. The van der Waals surface area contributed by atoms with Crippen molar-refractivity contribution >= 4 is 6.29 Å². The highest BCUT2D eigenvalue weighted by molar-refractivity contribution is 5.53. The van der Waals surface area contributed by atoms with Crippen molar-refractivity contribution in [3.63, 3.8) is 0 Å². The lowest BCUT2D eigenvalue weighted by Gasteiger charge is -2.14. The van der Waals surface area contributed by atoms with Crippen molar-refractivity contribution in [2.75, 3.05) is 7.11 Å². The molecule has 5 heteroatoms. The number of benzene rings is 1. The number of phenolic OH excluding ortho intramolecular Hbond substituents is 1. The number of aromatic hydroxyl groups is 1. The fourth-order valence-electron chi connectivity index (χ4n) is 1.46. The average Bonchev–Trinajstić information content (AvgIpc) is 2.24. The zero-order chi connectivity index (χ0) is 12.3. The van der Waals surface area contributed by atoms with Crippen LogP contribution in [0.15, 0.2) is 6.07 Å². The molecule has 0 saturated carbocycles. The molecule has 1 rings (SSSR count). The van der Waals surface area contributed by atoms with E-state index < -0.39 is 23.3 Å². The van der Waals surface area contributed by atoms with Crippen LogP contribution in [0.2, 0.25) is 0 Å². The molecule has 1 aromatic carbocycles. The highest BCUT2D eigenvalue weighted by Gasteiger charge is 2.23. The Bertz CT molecular complexity index is 405. The van der Waals surface area contributed by atoms with Crippen molar-refractivity contribution in [1.29, 1.82) is 0 Å². The van der Waals surface area contributed by atoms with E-state index >= 15 is 0 Å². The number of hydrogen-bond acceptors (Lipinski definition) is 3. The summed E-state index contributed by atoms with van der Waals surface area (Å²) in [5.74, 6) is -3.52. The molecule has 0 amide bonds. The number of carbonyl (C=O) groups excluding carboxylic acids is 1. The fourth-order valence-corrected chi connectivity index (χ4v) is 1.46. The van der Waals surface area contributed by atoms with Gasteiger partial charge in [-0.3, -0.25) is 0 Å². The van der Waals surface area contributed by atoms with Crippen LogP contribution in [-0.4, -0.2) is 18.5 Å². The standard InChI is InChI=1S/C11H12F2O3/c1-6(3-4-14)9-10(12)7(15)5-8(16-2)11(9)13/h4-6,15H,3H2,1-2H3. The van der Waals surface area contributed by atoms with Crippen molar-refractivity contribution < 1.29 is 23.4 Å². The molecular weight excluding hydrogens is 218 g/mol. The van der Waals surface area contributed by atoms with E-state index in [1.54, 1.807) is 0 Å². The summed E-state index contributed by atoms with van der Waals surface area (Å²) in [6.07, 6.45) is 0.542. The van der Waals surface area contributed by atoms with E-state index in [0.717, 1.165) is 6.07 Å². The van der Waals surface area contributed by atoms with Crippen LogP contribution in [0.25, 0.3) is 0 Å². The van der Waals surface area contributed by atoms with Gasteiger partial charge in [-0.15, -0.1) is 0 Å². The summed E-state index contributed by atoms with van der Waals surface area (Å²) in [7, 11) is 1.21. The second-order valence-corrected chi connectivity index (χ2v) is 3.44. The van der Waals surface area contributed by atoms with Gasteiger partial charge in [0.25, 0.3) is 0 Å². The summed E-state index contributed by atoms with van der Waals surface area (Å²) in [6, 6.07) is 0.863. The zero-order valence-electron chi connectivity index (χ0n) is 8.96. The maximum Gasteiger partial charge on any atom is 0.171 e. The molecule has 1 unspecified atom stereocenters. The Balaban J connectivity index is 3.34. The predicted molar refractivity (Wildman–Crippen MR) is 53.7 cm³/mol. The van der Waals surface area contributed by atoms with Gasteiger partial charge >= 0.3 is 0 Å². The van der Waals surface area contributed by atoms with Crippen molar-refractivity contribution in [3.05, 3.63) is 23.3 Å². The molecule has 0 fully saturated rings. The van der Waals surface area contributed by atoms with Crippen molar-refractivity contribution in [3.8, 4) is 11.5 Å². The van der Waals surface area contributed by atoms with Gasteiger partial charge in [0.05, 0.1) is 7.11 Å². The van der Waals surface area contributed by atoms with Crippen LogP contribution in [0.4, 0.5) is 8.78 Å². The van der Waals surface area contributed by atoms with E-state index in [1.807, 2.05) is 0 Å². The molecule has 1 atom stereocenters. The van der Waals surface area contributed by atoms with Gasteiger partial charge in [-0.2, -0.15) is 0 Å². The normalized spacial score (nSPS) is 12.2. The van der Waals surface area contributed by atoms with Crippen LogP contribution in [0.3, 0.4) is 0 Å². The molecule has 16 heavy (non-hydrogen) atoms. The number of phenols is 1. The number of aldehydes is 1. The van der Waals surface area contributed by atoms with Crippen LogP contribution >= 0.6 is 0 Å². The van der Waals surface area contributed by atoms with Crippen LogP contribution in [0.1, 0.15) is 24.8 Å². The van der Waals surface area contributed by atoms with E-state index in [9.17, 15) is 18.7 Å². The Labute approximate surface area is 91.7 Å². The number of methoxy groups -OCH3 is 1. The third-order valence-corrected chi connectivity index (χ3v) is 2.34. The topological polar surface area (TPSA) is 46.5 Å². The van der Waals surface area contributed by atoms with Gasteiger partial charge in [0, 0.05) is 18.1 Å². The molecule has 1 N–H and O–H groups in total. The first kappa shape index (κ1) is 12.4. The SMILES string of the molecule is COc1cc(O)c(F)c(C(C)CC=O)c1F. The quantitative estimate of drug-likeness (QED) is 0.808. The minimum absolute atomic E-state index is 0.0273. The Morgan fingerprint density at radius 1 is 1.50 bits per heavy atom. The molecule has 0 saturated heterocycles. The summed E-state index contributed by atoms with van der Waals surface area (Å²) in [5, 5.41) is 9.24. The van der Waals surface area contributed by atoms with Gasteiger partial charge in [0.1, 0.15) is 6.29 Å². The second kappa shape index (κ2) is 4.92. The molecule has 0 spiro atoms. The van der Waals surface area contributed by atoms with Gasteiger partial charge < -0.3 is 14.6 Å². The van der Waals surface area contributed by atoms with E-state index in [1.165, 1.54) is 14.0 Å². The lowest BCUT2D eigenvalue weighted by molar-refractivity contribution is -0.108. The Morgan fingerprint density at radius 2 is 2.12 bits per heavy atom. The monoisotopic (exact) mass is 230 g/mol. The molecule has 0 aliphatic heterocycles. The smallest absolute Gasteiger partial charge is 0.171 e. The summed E-state index contributed by atoms with van der Waals surface area (Å²) in [4.78, 5) is 10.3. The molecule has 3 nitrogen and oxygen atoms in total. The molecule has 0 aromatic heterocycles. The number of carbonyl (C=O) groups is 1. The maximum absolute atomic E-state index is 13.7. The third kappa shape index (κ3) is 2.13. The van der Waals surface area contributed by atoms with E-state index in [4.69, 9.17) is 0 Å². The van der Waals surface area contributed by atoms with Gasteiger partial charge in [-0.25, -0.2) is 8.78 Å². The first-order chi connectivity index (χ1) is 7.52. The molecule has 0 aliphatic carbocycles. The van der Waals surface area contributed by atoms with Gasteiger partial charge in [0.2, 0.25) is 0 Å². The Kier molecular flexibility index (Phi) is 3.82. The van der Waals surface area contributed by atoms with Gasteiger partial charge in [-0.05, 0) is 5.92 Å². The van der Waals surface area contributed by atoms with Gasteiger partial charge in [-0.1, -0.05) is 6.92 Å². The lowest BCUT2D eigenvalue weighted by Crippen LogP contribution is -2.04. The largest absolute Gasteiger partial charge is 0.505 e. The van der Waals surface area contributed by atoms with Gasteiger partial charge in [0.15, 0.2) is 23.1 Å². The molecule has 0 bridgehead atoms. The summed E-state index contributed by atoms with van der Waals surface area (Å²) in [6.45, 7) is 1.49. The van der Waals surface area contributed by atoms with Crippen LogP contribution in [0.5, 0.6) is 11.5 Å². The first-order valence-corrected chi connectivity index (χ1v) is 4.71. The first-order valence-electron chi connectivity index (χ1n) is 4.71. The number of hydrogen-bond donors (Lipinski definition) is 1. The molecule has 0 heterocycles. The lowest BCUT2D eigenvalue weighted by atomic mass is 9.96. The Morgan fingerprint density at radius 3 is 2.62 bits per heavy atom. The third-order valence-electron chi connectivity index (χ3n) is 2.34. The second-order valence-electron chi connectivity index (χ2n) is 3.44. The minimum Gasteiger partial charge on any atom is -0.505 e. The predicted octanol–water partition coefficient (Wildman–Crippen LogP) is 2.37. The van der Waals surface area contributed by atoms with Crippen molar-refractivity contribution in [2.45, 2.75) is 19.3 Å². The van der Waals surface area contributed by atoms with E-state index in [-0.39, 0.29) is 17.7 Å². The average molecular weight is 230 g/mol. The van der Waals surface area contributed by atoms with Crippen LogP contribution in [-0.2, 0) is 4.79 Å². The molecule has 88 valence electrons. The van der Waals surface area contributed by atoms with Crippen LogP contribution in [0, 0.1) is 11.6 Å². The van der Waals surface area contributed by atoms with Crippen molar-refractivity contribution in [2.24, 2.45) is 0 Å². The number of rotatable bonds is 4. The highest BCUT2D eigenvalue weighted by Crippen LogP contribution is 2.35. The van der Waals surface area contributed by atoms with Crippen molar-refractivity contribution in [1.82, 2.24) is 0 Å². The van der Waals surface area contributed by atoms with E-state index in [0.29, 0.717) is 6.29 Å². The van der Waals surface area contributed by atoms with E-state index in [2.05, 4.69) is 4.74 Å².